The van der Waals surface area contributed by atoms with Crippen LogP contribution in [0.4, 0.5) is 5.69 Å². The number of benzene rings is 2. The molecule has 0 aliphatic carbocycles. The van der Waals surface area contributed by atoms with Crippen LogP contribution in [0.2, 0.25) is 0 Å². The highest BCUT2D eigenvalue weighted by Crippen LogP contribution is 2.25. The van der Waals surface area contributed by atoms with Crippen LogP contribution >= 0.6 is 0 Å². The van der Waals surface area contributed by atoms with Crippen molar-refractivity contribution in [3.05, 3.63) is 76.0 Å². The zero-order chi connectivity index (χ0) is 20.1. The molecule has 0 bridgehead atoms. The first-order valence-corrected chi connectivity index (χ1v) is 9.04. The molecule has 3 aromatic rings. The summed E-state index contributed by atoms with van der Waals surface area (Å²) in [7, 11) is 0. The van der Waals surface area contributed by atoms with E-state index in [1.54, 1.807) is 19.2 Å². The number of nitro benzene ring substituents is 1. The Hall–Kier alpha value is -3.48. The Morgan fingerprint density at radius 1 is 1.14 bits per heavy atom. The van der Waals surface area contributed by atoms with E-state index in [-0.39, 0.29) is 23.0 Å². The third-order valence-electron chi connectivity index (χ3n) is 4.44. The van der Waals surface area contributed by atoms with Gasteiger partial charge in [0.1, 0.15) is 0 Å². The molecule has 3 rings (SSSR count). The summed E-state index contributed by atoms with van der Waals surface area (Å²) in [5.74, 6) is -0.518. The van der Waals surface area contributed by atoms with E-state index in [1.165, 1.54) is 18.2 Å². The molecule has 0 aliphatic rings. The van der Waals surface area contributed by atoms with Gasteiger partial charge in [-0.2, -0.15) is 0 Å². The van der Waals surface area contributed by atoms with Gasteiger partial charge in [-0.25, -0.2) is 0 Å². The van der Waals surface area contributed by atoms with Crippen molar-refractivity contribution in [3.63, 3.8) is 0 Å². The number of aryl methyl sites for hydroxylation is 1. The van der Waals surface area contributed by atoms with E-state index in [4.69, 9.17) is 4.74 Å². The summed E-state index contributed by atoms with van der Waals surface area (Å²) in [4.78, 5) is 35.0. The second-order valence-corrected chi connectivity index (χ2v) is 6.30. The molecule has 28 heavy (non-hydrogen) atoms. The monoisotopic (exact) mass is 380 g/mol. The highest BCUT2D eigenvalue weighted by molar-refractivity contribution is 6.16. The van der Waals surface area contributed by atoms with E-state index >= 15 is 0 Å². The number of aromatic nitrogens is 1. The van der Waals surface area contributed by atoms with E-state index in [9.17, 15) is 19.7 Å². The summed E-state index contributed by atoms with van der Waals surface area (Å²) >= 11 is 0. The first kappa shape index (κ1) is 19.3. The molecule has 1 heterocycles. The smallest absolute Gasteiger partial charge is 0.305 e. The third-order valence-corrected chi connectivity index (χ3v) is 4.44. The van der Waals surface area contributed by atoms with E-state index in [1.807, 2.05) is 28.8 Å². The third kappa shape index (κ3) is 4.09. The van der Waals surface area contributed by atoms with Gasteiger partial charge in [0.15, 0.2) is 5.78 Å². The molecule has 0 amide bonds. The molecule has 0 spiro atoms. The van der Waals surface area contributed by atoms with E-state index in [2.05, 4.69) is 0 Å². The van der Waals surface area contributed by atoms with Crippen LogP contribution in [0, 0.1) is 10.1 Å². The number of hydrogen-bond donors (Lipinski definition) is 0. The van der Waals surface area contributed by atoms with Crippen molar-refractivity contribution in [1.82, 2.24) is 4.57 Å². The fourth-order valence-electron chi connectivity index (χ4n) is 3.16. The Kier molecular flexibility index (Phi) is 5.84. The first-order chi connectivity index (χ1) is 13.5. The second kappa shape index (κ2) is 8.47. The number of para-hydroxylation sites is 1. The van der Waals surface area contributed by atoms with Crippen LogP contribution in [0.15, 0.2) is 54.7 Å². The fraction of sp³-hybridized carbons (Fsp3) is 0.238. The summed E-state index contributed by atoms with van der Waals surface area (Å²) in [6.07, 6.45) is 2.63. The quantitative estimate of drug-likeness (QED) is 0.254. The number of nitrogens with zero attached hydrogens (tertiary/aromatic N) is 2. The molecular formula is C21H20N2O5. The Bertz CT molecular complexity index is 1040. The molecule has 0 atom stereocenters. The number of fused-ring (bicyclic) bond motifs is 1. The van der Waals surface area contributed by atoms with Crippen LogP contribution in [0.25, 0.3) is 10.9 Å². The predicted octanol–water partition coefficient (Wildman–Crippen LogP) is 4.12. The number of nitro groups is 1. The largest absolute Gasteiger partial charge is 0.466 e. The number of ether oxygens (including phenoxy) is 1. The second-order valence-electron chi connectivity index (χ2n) is 6.30. The number of non-ortho nitro benzene ring substituents is 1. The molecule has 0 N–H and O–H groups in total. The van der Waals surface area contributed by atoms with Gasteiger partial charge < -0.3 is 9.30 Å². The average molecular weight is 380 g/mol. The van der Waals surface area contributed by atoms with Gasteiger partial charge in [0.25, 0.3) is 5.69 Å². The van der Waals surface area contributed by atoms with Crippen LogP contribution < -0.4 is 0 Å². The highest BCUT2D eigenvalue weighted by atomic mass is 16.6. The van der Waals surface area contributed by atoms with Crippen LogP contribution in [0.3, 0.4) is 0 Å². The number of carbonyl (C=O) groups excluding carboxylic acids is 2. The Balaban J connectivity index is 1.89. The lowest BCUT2D eigenvalue weighted by molar-refractivity contribution is -0.384. The number of rotatable bonds is 8. The molecule has 1 aromatic heterocycles. The van der Waals surface area contributed by atoms with Gasteiger partial charge in [-0.1, -0.05) is 30.3 Å². The minimum absolute atomic E-state index is 0.121. The molecule has 0 fully saturated rings. The Morgan fingerprint density at radius 3 is 2.68 bits per heavy atom. The molecule has 0 unspecified atom stereocenters. The van der Waals surface area contributed by atoms with Gasteiger partial charge in [0.05, 0.1) is 11.5 Å². The fourth-order valence-corrected chi connectivity index (χ4v) is 3.16. The maximum atomic E-state index is 13.0. The van der Waals surface area contributed by atoms with Crippen LogP contribution in [0.5, 0.6) is 0 Å². The molecule has 2 aromatic carbocycles. The molecule has 144 valence electrons. The van der Waals surface area contributed by atoms with E-state index in [0.717, 1.165) is 10.9 Å². The standard InChI is InChI=1S/C21H20N2O5/c1-2-28-20(24)11-6-12-22-14-18(17-9-3-4-10-19(17)22)21(25)15-7-5-8-16(13-15)23(26)27/h3-5,7-10,13-14H,2,6,11-12H2,1H3. The topological polar surface area (TPSA) is 91.4 Å². The molecule has 0 radical (unpaired) electrons. The molecule has 0 saturated heterocycles. The van der Waals surface area contributed by atoms with Crippen LogP contribution in [-0.2, 0) is 16.1 Å². The van der Waals surface area contributed by atoms with Crippen LogP contribution in [0.1, 0.15) is 35.7 Å². The maximum absolute atomic E-state index is 13.0. The van der Waals surface area contributed by atoms with Gasteiger partial charge in [-0.15, -0.1) is 0 Å². The van der Waals surface area contributed by atoms with Crippen molar-refractivity contribution in [2.24, 2.45) is 0 Å². The lowest BCUT2D eigenvalue weighted by Crippen LogP contribution is -2.06. The molecule has 0 aliphatic heterocycles. The molecule has 7 heteroatoms. The SMILES string of the molecule is CCOC(=O)CCCn1cc(C(=O)c2cccc([N+](=O)[O-])c2)c2ccccc21. The summed E-state index contributed by atoms with van der Waals surface area (Å²) in [6.45, 7) is 2.68. The number of esters is 1. The Morgan fingerprint density at radius 2 is 1.93 bits per heavy atom. The highest BCUT2D eigenvalue weighted by Gasteiger charge is 2.18. The lowest BCUT2D eigenvalue weighted by atomic mass is 10.0. The average Bonchev–Trinajstić information content (AvgIpc) is 3.06. The first-order valence-electron chi connectivity index (χ1n) is 9.04. The zero-order valence-corrected chi connectivity index (χ0v) is 15.5. The summed E-state index contributed by atoms with van der Waals surface area (Å²) in [5, 5.41) is 11.8. The number of carbonyl (C=O) groups is 2. The van der Waals surface area contributed by atoms with Crippen LogP contribution in [-0.4, -0.2) is 27.8 Å². The minimum atomic E-state index is -0.518. The van der Waals surface area contributed by atoms with Crippen molar-refractivity contribution < 1.29 is 19.2 Å². The summed E-state index contributed by atoms with van der Waals surface area (Å²) < 4.78 is 6.87. The van der Waals surface area contributed by atoms with E-state index < -0.39 is 4.92 Å². The van der Waals surface area contributed by atoms with Gasteiger partial charge in [0, 0.05) is 53.3 Å². The van der Waals surface area contributed by atoms with Crippen molar-refractivity contribution in [2.75, 3.05) is 6.61 Å². The summed E-state index contributed by atoms with van der Waals surface area (Å²) in [6, 6.07) is 13.2. The van der Waals surface area contributed by atoms with Gasteiger partial charge in [0.2, 0.25) is 0 Å². The summed E-state index contributed by atoms with van der Waals surface area (Å²) in [5.41, 5.74) is 1.50. The zero-order valence-electron chi connectivity index (χ0n) is 15.5. The maximum Gasteiger partial charge on any atom is 0.305 e. The normalized spacial score (nSPS) is 10.8. The van der Waals surface area contributed by atoms with Crippen molar-refractivity contribution in [3.8, 4) is 0 Å². The molecular weight excluding hydrogens is 360 g/mol. The Labute approximate surface area is 161 Å². The van der Waals surface area contributed by atoms with E-state index in [0.29, 0.717) is 31.6 Å². The van der Waals surface area contributed by atoms with Gasteiger partial charge in [-0.05, 0) is 19.4 Å². The molecule has 0 saturated carbocycles. The van der Waals surface area contributed by atoms with Crippen molar-refractivity contribution in [2.45, 2.75) is 26.3 Å². The molecule has 7 nitrogen and oxygen atoms in total. The van der Waals surface area contributed by atoms with Gasteiger partial charge >= 0.3 is 5.97 Å². The van der Waals surface area contributed by atoms with Gasteiger partial charge in [-0.3, -0.25) is 19.7 Å². The number of ketones is 1. The van der Waals surface area contributed by atoms with Crippen molar-refractivity contribution in [1.29, 1.82) is 0 Å². The number of hydrogen-bond acceptors (Lipinski definition) is 5. The predicted molar refractivity (Wildman–Crippen MR) is 104 cm³/mol. The van der Waals surface area contributed by atoms with Crippen molar-refractivity contribution >= 4 is 28.3 Å². The minimum Gasteiger partial charge on any atom is -0.466 e. The lowest BCUT2D eigenvalue weighted by Gasteiger charge is -2.05.